The highest BCUT2D eigenvalue weighted by molar-refractivity contribution is 5.89. The number of carbonyl (C=O) groups excluding carboxylic acids is 2. The van der Waals surface area contributed by atoms with E-state index in [1.165, 1.54) is 24.5 Å². The zero-order valence-corrected chi connectivity index (χ0v) is 28.6. The molecule has 0 unspecified atom stereocenters. The predicted octanol–water partition coefficient (Wildman–Crippen LogP) is 0.981. The summed E-state index contributed by atoms with van der Waals surface area (Å²) in [5, 5.41) is 61.5. The van der Waals surface area contributed by atoms with Gasteiger partial charge in [-0.3, -0.25) is 0 Å². The van der Waals surface area contributed by atoms with Crippen molar-refractivity contribution in [2.45, 2.75) is 132 Å². The molecule has 13 atom stereocenters. The van der Waals surface area contributed by atoms with Gasteiger partial charge in [-0.1, -0.05) is 24.3 Å². The summed E-state index contributed by atoms with van der Waals surface area (Å²) in [5.74, 6) is -2.50. The number of fused-ring (bicyclic) bond motifs is 3. The van der Waals surface area contributed by atoms with Gasteiger partial charge in [0.25, 0.3) is 0 Å². The number of rotatable bonds is 15. The molecule has 0 aromatic heterocycles. The summed E-state index contributed by atoms with van der Waals surface area (Å²) in [6.07, 6.45) is -1.37. The summed E-state index contributed by atoms with van der Waals surface area (Å²) in [5.41, 5.74) is -4.69. The Morgan fingerprint density at radius 2 is 1.49 bits per heavy atom. The summed E-state index contributed by atoms with van der Waals surface area (Å²) in [6, 6.07) is 0. The van der Waals surface area contributed by atoms with Crippen LogP contribution in [0.2, 0.25) is 0 Å². The van der Waals surface area contributed by atoms with Crippen molar-refractivity contribution in [2.24, 2.45) is 5.92 Å². The summed E-state index contributed by atoms with van der Waals surface area (Å²) < 4.78 is 35.6. The maximum Gasteiger partial charge on any atom is 0.334 e. The van der Waals surface area contributed by atoms with Crippen LogP contribution in [-0.4, -0.2) is 121 Å². The van der Waals surface area contributed by atoms with Crippen LogP contribution in [0.4, 0.5) is 0 Å². The van der Waals surface area contributed by atoms with Gasteiger partial charge in [-0.05, 0) is 66.4 Å². The van der Waals surface area contributed by atoms with E-state index in [0.717, 1.165) is 0 Å². The van der Waals surface area contributed by atoms with Gasteiger partial charge in [0.05, 0.1) is 24.1 Å². The fraction of sp³-hybridized carbons (Fsp3) is 0.657. The van der Waals surface area contributed by atoms with Crippen molar-refractivity contribution in [2.75, 3.05) is 6.61 Å². The minimum Gasteiger partial charge on any atom is -0.472 e. The van der Waals surface area contributed by atoms with E-state index < -0.39 is 96.1 Å². The lowest BCUT2D eigenvalue weighted by molar-refractivity contribution is -0.350. The Morgan fingerprint density at radius 3 is 2.04 bits per heavy atom. The van der Waals surface area contributed by atoms with Gasteiger partial charge in [-0.25, -0.2) is 9.59 Å². The molecule has 49 heavy (non-hydrogen) atoms. The number of esters is 2. The first-order chi connectivity index (χ1) is 22.9. The van der Waals surface area contributed by atoms with Crippen molar-refractivity contribution < 1.29 is 68.6 Å². The predicted molar refractivity (Wildman–Crippen MR) is 172 cm³/mol. The lowest BCUT2D eigenvalue weighted by Gasteiger charge is -2.46. The minimum absolute atomic E-state index is 0.210. The molecule has 1 aliphatic carbocycles. The standard InChI is InChI=1S/C35H50O14/c1-8-32(5,42)14-10-12-19(3)28(40)46-27-26-34(7,48-26)25-31(47-30-24(39)23(38)22(37)21(18-36)45-30)44-17-16-35(25,27)49-29(41)20(4)13-11-15-33(6,43)9-2/h8-9,12-13,16-17,21-27,30-31,36-39,42-43H,1-2,10-11,14-15,18H2,3-7H3/b19-12+,20-13+/t21-,22-,23+,24-,25+,26+,27-,30+,31+,32-,33-,34-,35+/m1/s1. The second-order valence-electron chi connectivity index (χ2n) is 13.9. The molecule has 0 radical (unpaired) electrons. The molecule has 4 aliphatic rings. The summed E-state index contributed by atoms with van der Waals surface area (Å²) in [4.78, 5) is 27.1. The molecule has 3 heterocycles. The number of hydrogen-bond donors (Lipinski definition) is 6. The van der Waals surface area contributed by atoms with Crippen LogP contribution in [0.25, 0.3) is 0 Å². The average Bonchev–Trinajstić information content (AvgIpc) is 3.68. The van der Waals surface area contributed by atoms with Crippen molar-refractivity contribution in [3.63, 3.8) is 0 Å². The van der Waals surface area contributed by atoms with E-state index in [-0.39, 0.29) is 11.1 Å². The number of epoxide rings is 1. The SMILES string of the molecule is C=C[C@@](C)(O)CC/C=C(\C)C(=O)O[C@@H]1[C@@H]2O[C@]2(C)[C@@H]2[C@H](O[C@@H]3O[C@H](CO)[C@@H](O)[C@H](O)[C@H]3O)OC=C[C@@]12OC(=O)/C(C)=C/CC[C@](C)(O)C=C. The van der Waals surface area contributed by atoms with Gasteiger partial charge >= 0.3 is 11.9 Å². The molecule has 3 fully saturated rings. The van der Waals surface area contributed by atoms with Crippen LogP contribution in [0.15, 0.2) is 60.9 Å². The van der Waals surface area contributed by atoms with Crippen LogP contribution in [0.5, 0.6) is 0 Å². The number of aliphatic hydroxyl groups is 6. The number of aliphatic hydroxyl groups excluding tert-OH is 4. The van der Waals surface area contributed by atoms with Gasteiger partial charge in [-0.15, -0.1) is 13.2 Å². The van der Waals surface area contributed by atoms with E-state index in [1.54, 1.807) is 46.8 Å². The van der Waals surface area contributed by atoms with Crippen LogP contribution in [0, 0.1) is 5.92 Å². The van der Waals surface area contributed by atoms with E-state index >= 15 is 0 Å². The Morgan fingerprint density at radius 1 is 0.918 bits per heavy atom. The third kappa shape index (κ3) is 8.03. The van der Waals surface area contributed by atoms with Gasteiger partial charge in [0.2, 0.25) is 6.29 Å². The van der Waals surface area contributed by atoms with Crippen molar-refractivity contribution in [3.8, 4) is 0 Å². The van der Waals surface area contributed by atoms with E-state index in [0.29, 0.717) is 25.7 Å². The molecule has 14 heteroatoms. The van der Waals surface area contributed by atoms with E-state index in [9.17, 15) is 40.2 Å². The molecule has 0 spiro atoms. The number of allylic oxidation sites excluding steroid dienone is 2. The van der Waals surface area contributed by atoms with Crippen LogP contribution in [-0.2, 0) is 38.0 Å². The largest absolute Gasteiger partial charge is 0.472 e. The second-order valence-corrected chi connectivity index (χ2v) is 13.9. The van der Waals surface area contributed by atoms with Gasteiger partial charge in [-0.2, -0.15) is 0 Å². The lowest BCUT2D eigenvalue weighted by atomic mass is 9.81. The normalized spacial score (nSPS) is 39.4. The molecule has 0 amide bonds. The van der Waals surface area contributed by atoms with Crippen LogP contribution in [0.3, 0.4) is 0 Å². The first-order valence-corrected chi connectivity index (χ1v) is 16.3. The zero-order valence-electron chi connectivity index (χ0n) is 28.6. The Hall–Kier alpha value is -2.92. The molecule has 0 aromatic rings. The lowest BCUT2D eigenvalue weighted by Crippen LogP contribution is -2.62. The van der Waals surface area contributed by atoms with Crippen LogP contribution < -0.4 is 0 Å². The summed E-state index contributed by atoms with van der Waals surface area (Å²) in [7, 11) is 0. The smallest absolute Gasteiger partial charge is 0.334 e. The monoisotopic (exact) mass is 694 g/mol. The van der Waals surface area contributed by atoms with Crippen LogP contribution >= 0.6 is 0 Å². The Labute approximate surface area is 285 Å². The highest BCUT2D eigenvalue weighted by atomic mass is 16.8. The third-order valence-corrected chi connectivity index (χ3v) is 9.87. The Balaban J connectivity index is 1.65. The van der Waals surface area contributed by atoms with Crippen molar-refractivity contribution in [1.29, 1.82) is 0 Å². The molecule has 3 aliphatic heterocycles. The molecule has 1 saturated carbocycles. The maximum atomic E-state index is 13.7. The van der Waals surface area contributed by atoms with Gasteiger partial charge in [0.1, 0.15) is 42.0 Å². The Bertz CT molecular complexity index is 1350. The van der Waals surface area contributed by atoms with Gasteiger partial charge in [0, 0.05) is 11.1 Å². The second kappa shape index (κ2) is 14.7. The first-order valence-electron chi connectivity index (χ1n) is 16.3. The quantitative estimate of drug-likeness (QED) is 0.0611. The fourth-order valence-corrected chi connectivity index (χ4v) is 6.41. The molecule has 6 N–H and O–H groups in total. The molecule has 274 valence electrons. The van der Waals surface area contributed by atoms with Crippen molar-refractivity contribution >= 4 is 11.9 Å². The van der Waals surface area contributed by atoms with E-state index in [1.807, 2.05) is 0 Å². The van der Waals surface area contributed by atoms with Gasteiger partial charge < -0.3 is 59.1 Å². The number of carbonyl (C=O) groups is 2. The molecular weight excluding hydrogens is 644 g/mol. The van der Waals surface area contributed by atoms with Crippen molar-refractivity contribution in [3.05, 3.63) is 60.9 Å². The summed E-state index contributed by atoms with van der Waals surface area (Å²) in [6.45, 7) is 14.5. The number of ether oxygens (including phenoxy) is 6. The fourth-order valence-electron chi connectivity index (χ4n) is 6.41. The topological polar surface area (TPSA) is 214 Å². The van der Waals surface area contributed by atoms with Crippen LogP contribution in [0.1, 0.15) is 60.3 Å². The first kappa shape index (κ1) is 38.9. The third-order valence-electron chi connectivity index (χ3n) is 9.87. The van der Waals surface area contributed by atoms with Gasteiger partial charge in [0.15, 0.2) is 18.0 Å². The highest BCUT2D eigenvalue weighted by Crippen LogP contribution is 2.63. The Kier molecular flexibility index (Phi) is 11.7. The van der Waals surface area contributed by atoms with E-state index in [2.05, 4.69) is 13.2 Å². The highest BCUT2D eigenvalue weighted by Gasteiger charge is 2.83. The molecule has 0 aromatic carbocycles. The minimum atomic E-state index is -1.75. The molecule has 0 bridgehead atoms. The molecule has 4 rings (SSSR count). The molecule has 14 nitrogen and oxygen atoms in total. The zero-order chi connectivity index (χ0) is 36.5. The maximum absolute atomic E-state index is 13.7. The molecule has 2 saturated heterocycles. The summed E-state index contributed by atoms with van der Waals surface area (Å²) >= 11 is 0. The average molecular weight is 695 g/mol. The van der Waals surface area contributed by atoms with E-state index in [4.69, 9.17) is 28.4 Å². The molecular formula is C35H50O14. The number of hydrogen-bond acceptors (Lipinski definition) is 14. The van der Waals surface area contributed by atoms with Crippen molar-refractivity contribution in [1.82, 2.24) is 0 Å².